The minimum atomic E-state index is -0.479. The van der Waals surface area contributed by atoms with Crippen molar-refractivity contribution in [2.24, 2.45) is 14.1 Å². The summed E-state index contributed by atoms with van der Waals surface area (Å²) in [6.07, 6.45) is 4.20. The van der Waals surface area contributed by atoms with E-state index in [1.165, 1.54) is 43.1 Å². The number of hydrogen-bond acceptors (Lipinski definition) is 5. The highest BCUT2D eigenvalue weighted by molar-refractivity contribution is 5.93. The molecule has 2 aromatic heterocycles. The van der Waals surface area contributed by atoms with Gasteiger partial charge in [0.15, 0.2) is 0 Å². The molecule has 132 valence electrons. The van der Waals surface area contributed by atoms with E-state index in [1.54, 1.807) is 12.1 Å². The van der Waals surface area contributed by atoms with Crippen molar-refractivity contribution in [2.45, 2.75) is 6.54 Å². The van der Waals surface area contributed by atoms with Gasteiger partial charge in [0, 0.05) is 31.9 Å². The Morgan fingerprint density at radius 2 is 1.96 bits per heavy atom. The Morgan fingerprint density at radius 3 is 2.64 bits per heavy atom. The molecule has 0 aliphatic rings. The molecule has 0 aliphatic carbocycles. The van der Waals surface area contributed by atoms with Crippen LogP contribution in [-0.4, -0.2) is 27.5 Å². The monoisotopic (exact) mass is 346 g/mol. The van der Waals surface area contributed by atoms with Crippen molar-refractivity contribution in [1.29, 1.82) is 0 Å². The summed E-state index contributed by atoms with van der Waals surface area (Å²) in [7, 11) is 2.88. The molecule has 2 heterocycles. The van der Waals surface area contributed by atoms with Gasteiger partial charge in [-0.1, -0.05) is 0 Å². The van der Waals surface area contributed by atoms with Gasteiger partial charge in [0.25, 0.3) is 5.56 Å². The lowest BCUT2D eigenvalue weighted by atomic mass is 10.3. The van der Waals surface area contributed by atoms with Crippen molar-refractivity contribution in [3.8, 4) is 0 Å². The number of furan rings is 1. The van der Waals surface area contributed by atoms with Gasteiger partial charge in [-0.15, -0.1) is 0 Å². The van der Waals surface area contributed by atoms with E-state index in [9.17, 15) is 19.2 Å². The van der Waals surface area contributed by atoms with Crippen LogP contribution < -0.4 is 21.9 Å². The second kappa shape index (κ2) is 7.95. The maximum Gasteiger partial charge on any atom is 0.330 e. The first-order chi connectivity index (χ1) is 11.9. The van der Waals surface area contributed by atoms with Crippen LogP contribution in [0.1, 0.15) is 11.5 Å². The Morgan fingerprint density at radius 1 is 1.20 bits per heavy atom. The SMILES string of the molecule is Cn1c(CNC(=O)CNC(=O)/C=C/c2ccco2)cc(=O)n(C)c1=O. The number of carbonyl (C=O) groups excluding carboxylic acids is 2. The summed E-state index contributed by atoms with van der Waals surface area (Å²) in [4.78, 5) is 46.7. The van der Waals surface area contributed by atoms with Gasteiger partial charge in [0.05, 0.1) is 19.4 Å². The Balaban J connectivity index is 1.84. The number of rotatable bonds is 6. The predicted octanol–water partition coefficient (Wildman–Crippen LogP) is -0.877. The molecule has 9 heteroatoms. The topological polar surface area (TPSA) is 115 Å². The van der Waals surface area contributed by atoms with Gasteiger partial charge < -0.3 is 15.1 Å². The molecular formula is C16H18N4O5. The molecule has 0 aromatic carbocycles. The van der Waals surface area contributed by atoms with Crippen molar-refractivity contribution in [3.05, 3.63) is 62.8 Å². The highest BCUT2D eigenvalue weighted by Crippen LogP contribution is 2.01. The summed E-state index contributed by atoms with van der Waals surface area (Å²) in [5, 5.41) is 4.95. The zero-order valence-corrected chi connectivity index (χ0v) is 13.8. The minimum Gasteiger partial charge on any atom is -0.465 e. The van der Waals surface area contributed by atoms with E-state index in [4.69, 9.17) is 4.42 Å². The number of amides is 2. The molecule has 0 saturated heterocycles. The molecule has 0 atom stereocenters. The van der Waals surface area contributed by atoms with Crippen LogP contribution in [0.15, 0.2) is 44.5 Å². The summed E-state index contributed by atoms with van der Waals surface area (Å²) in [6, 6.07) is 4.65. The van der Waals surface area contributed by atoms with Gasteiger partial charge >= 0.3 is 5.69 Å². The molecule has 0 spiro atoms. The smallest absolute Gasteiger partial charge is 0.330 e. The fourth-order valence-corrected chi connectivity index (χ4v) is 1.97. The van der Waals surface area contributed by atoms with Crippen molar-refractivity contribution in [3.63, 3.8) is 0 Å². The molecule has 0 aliphatic heterocycles. The number of nitrogens with one attached hydrogen (secondary N) is 2. The van der Waals surface area contributed by atoms with Crippen molar-refractivity contribution in [2.75, 3.05) is 6.54 Å². The summed E-state index contributed by atoms with van der Waals surface area (Å²) < 4.78 is 7.27. The second-order valence-electron chi connectivity index (χ2n) is 5.22. The lowest BCUT2D eigenvalue weighted by Crippen LogP contribution is -2.41. The number of carbonyl (C=O) groups is 2. The summed E-state index contributed by atoms with van der Waals surface area (Å²) in [6.45, 7) is -0.237. The Hall–Kier alpha value is -3.36. The zero-order chi connectivity index (χ0) is 18.4. The lowest BCUT2D eigenvalue weighted by Gasteiger charge is -2.10. The first-order valence-electron chi connectivity index (χ1n) is 7.40. The van der Waals surface area contributed by atoms with Gasteiger partial charge in [-0.2, -0.15) is 0 Å². The first kappa shape index (κ1) is 18.0. The molecule has 2 amide bonds. The van der Waals surface area contributed by atoms with Gasteiger partial charge in [0.2, 0.25) is 11.8 Å². The van der Waals surface area contributed by atoms with E-state index in [0.717, 1.165) is 4.57 Å². The summed E-state index contributed by atoms with van der Waals surface area (Å²) in [5.74, 6) is -0.383. The summed E-state index contributed by atoms with van der Waals surface area (Å²) >= 11 is 0. The maximum atomic E-state index is 11.8. The molecule has 25 heavy (non-hydrogen) atoms. The van der Waals surface area contributed by atoms with E-state index in [1.807, 2.05) is 0 Å². The molecule has 0 radical (unpaired) electrons. The van der Waals surface area contributed by atoms with Crippen LogP contribution in [0.2, 0.25) is 0 Å². The van der Waals surface area contributed by atoms with Gasteiger partial charge in [-0.3, -0.25) is 23.5 Å². The third-order valence-corrected chi connectivity index (χ3v) is 3.46. The standard InChI is InChI=1S/C16H18N4O5/c1-19-11(8-15(23)20(2)16(19)24)9-17-14(22)10-18-13(21)6-5-12-4-3-7-25-12/h3-8H,9-10H2,1-2H3,(H,17,22)(H,18,21)/b6-5+. The molecule has 2 N–H and O–H groups in total. The Bertz CT molecular complexity index is 906. The third-order valence-electron chi connectivity index (χ3n) is 3.46. The zero-order valence-electron chi connectivity index (χ0n) is 13.8. The van der Waals surface area contributed by atoms with Crippen LogP contribution >= 0.6 is 0 Å². The largest absolute Gasteiger partial charge is 0.465 e. The number of hydrogen-bond donors (Lipinski definition) is 2. The molecule has 0 fully saturated rings. The minimum absolute atomic E-state index is 0.00123. The molecule has 9 nitrogen and oxygen atoms in total. The van der Waals surface area contributed by atoms with Crippen LogP contribution in [0.3, 0.4) is 0 Å². The van der Waals surface area contributed by atoms with Gasteiger partial charge in [-0.05, 0) is 18.2 Å². The fraction of sp³-hybridized carbons (Fsp3) is 0.250. The number of nitrogens with zero attached hydrogens (tertiary/aromatic N) is 2. The quantitative estimate of drug-likeness (QED) is 0.659. The average Bonchev–Trinajstić information content (AvgIpc) is 3.11. The number of aromatic nitrogens is 2. The maximum absolute atomic E-state index is 11.8. The van der Waals surface area contributed by atoms with Gasteiger partial charge in [-0.25, -0.2) is 4.79 Å². The average molecular weight is 346 g/mol. The molecule has 2 rings (SSSR count). The van der Waals surface area contributed by atoms with Crippen LogP contribution in [0, 0.1) is 0 Å². The van der Waals surface area contributed by atoms with E-state index in [0.29, 0.717) is 11.5 Å². The van der Waals surface area contributed by atoms with Gasteiger partial charge in [0.1, 0.15) is 5.76 Å². The van der Waals surface area contributed by atoms with Crippen molar-refractivity contribution < 1.29 is 14.0 Å². The Labute approximate surface area is 142 Å². The highest BCUT2D eigenvalue weighted by atomic mass is 16.3. The predicted molar refractivity (Wildman–Crippen MR) is 89.5 cm³/mol. The summed E-state index contributed by atoms with van der Waals surface area (Å²) in [5.41, 5.74) is -0.567. The van der Waals surface area contributed by atoms with E-state index in [-0.39, 0.29) is 13.1 Å². The van der Waals surface area contributed by atoms with E-state index < -0.39 is 23.1 Å². The van der Waals surface area contributed by atoms with E-state index in [2.05, 4.69) is 10.6 Å². The van der Waals surface area contributed by atoms with Crippen molar-refractivity contribution in [1.82, 2.24) is 19.8 Å². The molecule has 0 bridgehead atoms. The first-order valence-corrected chi connectivity index (χ1v) is 7.40. The molecular weight excluding hydrogens is 328 g/mol. The molecule has 0 saturated carbocycles. The van der Waals surface area contributed by atoms with Crippen molar-refractivity contribution >= 4 is 17.9 Å². The van der Waals surface area contributed by atoms with Crippen LogP contribution in [0.4, 0.5) is 0 Å². The van der Waals surface area contributed by atoms with E-state index >= 15 is 0 Å². The fourth-order valence-electron chi connectivity index (χ4n) is 1.97. The van der Waals surface area contributed by atoms with Crippen LogP contribution in [0.5, 0.6) is 0 Å². The van der Waals surface area contributed by atoms with Crippen LogP contribution in [-0.2, 0) is 30.2 Å². The van der Waals surface area contributed by atoms with Crippen LogP contribution in [0.25, 0.3) is 6.08 Å². The Kier molecular flexibility index (Phi) is 5.72. The molecule has 2 aromatic rings. The molecule has 0 unspecified atom stereocenters. The third kappa shape index (κ3) is 4.80. The normalized spacial score (nSPS) is 10.8. The highest BCUT2D eigenvalue weighted by Gasteiger charge is 2.08. The second-order valence-corrected chi connectivity index (χ2v) is 5.22. The lowest BCUT2D eigenvalue weighted by molar-refractivity contribution is -0.124.